The third kappa shape index (κ3) is 2.62. The third-order valence-corrected chi connectivity index (χ3v) is 3.17. The summed E-state index contributed by atoms with van der Waals surface area (Å²) in [5.74, 6) is 2.64. The molecule has 0 radical (unpaired) electrons. The fraction of sp³-hybridized carbons (Fsp3) is 0.267. The second-order valence-electron chi connectivity index (χ2n) is 4.45. The Morgan fingerprint density at radius 1 is 1.11 bits per heavy atom. The Morgan fingerprint density at radius 3 is 2.68 bits per heavy atom. The van der Waals surface area contributed by atoms with Gasteiger partial charge in [-0.15, -0.1) is 0 Å². The molecule has 4 nitrogen and oxygen atoms in total. The number of fused-ring (bicyclic) bond motifs is 1. The van der Waals surface area contributed by atoms with E-state index in [9.17, 15) is 0 Å². The van der Waals surface area contributed by atoms with Gasteiger partial charge in [0.25, 0.3) is 0 Å². The van der Waals surface area contributed by atoms with Crippen LogP contribution in [0.4, 0.5) is 5.82 Å². The first kappa shape index (κ1) is 11.8. The van der Waals surface area contributed by atoms with Gasteiger partial charge in [0.2, 0.25) is 0 Å². The van der Waals surface area contributed by atoms with Gasteiger partial charge in [-0.2, -0.15) is 0 Å². The van der Waals surface area contributed by atoms with Crippen LogP contribution >= 0.6 is 0 Å². The van der Waals surface area contributed by atoms with Gasteiger partial charge in [0, 0.05) is 6.54 Å². The van der Waals surface area contributed by atoms with E-state index in [1.807, 2.05) is 30.3 Å². The highest BCUT2D eigenvalue weighted by atomic mass is 16.5. The van der Waals surface area contributed by atoms with Crippen LogP contribution < -0.4 is 14.8 Å². The van der Waals surface area contributed by atoms with E-state index >= 15 is 0 Å². The average Bonchev–Trinajstić information content (AvgIpc) is 2.93. The van der Waals surface area contributed by atoms with E-state index in [1.165, 1.54) is 5.56 Å². The van der Waals surface area contributed by atoms with Crippen LogP contribution in [0.15, 0.2) is 36.4 Å². The van der Waals surface area contributed by atoms with Gasteiger partial charge in [-0.05, 0) is 42.3 Å². The van der Waals surface area contributed by atoms with Gasteiger partial charge in [0.05, 0.1) is 12.8 Å². The van der Waals surface area contributed by atoms with E-state index in [1.54, 1.807) is 7.11 Å². The van der Waals surface area contributed by atoms with Gasteiger partial charge in [-0.25, -0.2) is 4.98 Å². The van der Waals surface area contributed by atoms with Crippen LogP contribution in [0.5, 0.6) is 11.5 Å². The standard InChI is InChI=1S/C15H16N2O2/c1-18-13-4-6-14(7-5-13)19-10-12-3-2-11-8-9-16-15(11)17-12/h2-7H,8-10H2,1H3,(H,16,17). The van der Waals surface area contributed by atoms with Crippen LogP contribution in [0.3, 0.4) is 0 Å². The molecule has 1 aliphatic rings. The molecule has 1 aliphatic heterocycles. The summed E-state index contributed by atoms with van der Waals surface area (Å²) in [7, 11) is 1.65. The number of ether oxygens (including phenoxy) is 2. The van der Waals surface area contributed by atoms with Crippen molar-refractivity contribution in [1.29, 1.82) is 0 Å². The summed E-state index contributed by atoms with van der Waals surface area (Å²) in [4.78, 5) is 4.54. The number of benzene rings is 1. The summed E-state index contributed by atoms with van der Waals surface area (Å²) in [6, 6.07) is 11.7. The number of nitrogens with one attached hydrogen (secondary N) is 1. The molecule has 4 heteroatoms. The van der Waals surface area contributed by atoms with Crippen LogP contribution in [-0.2, 0) is 13.0 Å². The number of hydrogen-bond acceptors (Lipinski definition) is 4. The monoisotopic (exact) mass is 256 g/mol. The van der Waals surface area contributed by atoms with Crippen LogP contribution in [0.1, 0.15) is 11.3 Å². The fourth-order valence-electron chi connectivity index (χ4n) is 2.11. The van der Waals surface area contributed by atoms with Crippen molar-refractivity contribution in [3.63, 3.8) is 0 Å². The minimum Gasteiger partial charge on any atom is -0.497 e. The average molecular weight is 256 g/mol. The van der Waals surface area contributed by atoms with Crippen LogP contribution in [0, 0.1) is 0 Å². The van der Waals surface area contributed by atoms with Crippen molar-refractivity contribution in [3.05, 3.63) is 47.7 Å². The van der Waals surface area contributed by atoms with E-state index in [0.29, 0.717) is 6.61 Å². The molecule has 3 rings (SSSR count). The number of aromatic nitrogens is 1. The van der Waals surface area contributed by atoms with E-state index < -0.39 is 0 Å². The molecule has 0 aliphatic carbocycles. The number of hydrogen-bond donors (Lipinski definition) is 1. The van der Waals surface area contributed by atoms with Gasteiger partial charge >= 0.3 is 0 Å². The Kier molecular flexibility index (Phi) is 3.23. The molecule has 0 spiro atoms. The zero-order chi connectivity index (χ0) is 13.1. The number of pyridine rings is 1. The molecule has 2 aromatic rings. The summed E-state index contributed by atoms with van der Waals surface area (Å²) in [6.45, 7) is 1.45. The topological polar surface area (TPSA) is 43.4 Å². The molecule has 0 unspecified atom stereocenters. The lowest BCUT2D eigenvalue weighted by Crippen LogP contribution is -2.00. The molecule has 1 N–H and O–H groups in total. The molecule has 0 amide bonds. The molecule has 0 saturated carbocycles. The third-order valence-electron chi connectivity index (χ3n) is 3.17. The number of rotatable bonds is 4. The van der Waals surface area contributed by atoms with Gasteiger partial charge in [0.1, 0.15) is 23.9 Å². The van der Waals surface area contributed by atoms with Crippen molar-refractivity contribution in [2.24, 2.45) is 0 Å². The molecule has 19 heavy (non-hydrogen) atoms. The van der Waals surface area contributed by atoms with E-state index in [2.05, 4.69) is 16.4 Å². The maximum absolute atomic E-state index is 5.71. The van der Waals surface area contributed by atoms with Gasteiger partial charge in [-0.1, -0.05) is 6.07 Å². The number of nitrogens with zero attached hydrogens (tertiary/aromatic N) is 1. The highest BCUT2D eigenvalue weighted by molar-refractivity contribution is 5.49. The Bertz CT molecular complexity index is 567. The first-order valence-electron chi connectivity index (χ1n) is 6.35. The molecule has 98 valence electrons. The number of anilines is 1. The fourth-order valence-corrected chi connectivity index (χ4v) is 2.11. The Balaban J connectivity index is 1.65. The smallest absolute Gasteiger partial charge is 0.130 e. The summed E-state index contributed by atoms with van der Waals surface area (Å²) in [5, 5.41) is 3.27. The molecule has 1 aromatic heterocycles. The van der Waals surface area contributed by atoms with Crippen LogP contribution in [0.25, 0.3) is 0 Å². The maximum Gasteiger partial charge on any atom is 0.130 e. The lowest BCUT2D eigenvalue weighted by Gasteiger charge is -2.08. The largest absolute Gasteiger partial charge is 0.497 e. The maximum atomic E-state index is 5.71. The highest BCUT2D eigenvalue weighted by Crippen LogP contribution is 2.21. The van der Waals surface area contributed by atoms with Crippen molar-refractivity contribution in [2.45, 2.75) is 13.0 Å². The predicted octanol–water partition coefficient (Wildman–Crippen LogP) is 2.64. The molecule has 0 atom stereocenters. The van der Waals surface area contributed by atoms with Crippen molar-refractivity contribution in [3.8, 4) is 11.5 Å². The first-order chi connectivity index (χ1) is 9.35. The Morgan fingerprint density at radius 2 is 1.89 bits per heavy atom. The second-order valence-corrected chi connectivity index (χ2v) is 4.45. The quantitative estimate of drug-likeness (QED) is 0.913. The predicted molar refractivity (Wildman–Crippen MR) is 73.8 cm³/mol. The van der Waals surface area contributed by atoms with Crippen molar-refractivity contribution in [1.82, 2.24) is 4.98 Å². The van der Waals surface area contributed by atoms with E-state index in [-0.39, 0.29) is 0 Å². The molecular weight excluding hydrogens is 240 g/mol. The summed E-state index contributed by atoms with van der Waals surface area (Å²) in [6.07, 6.45) is 1.06. The Hall–Kier alpha value is -2.23. The van der Waals surface area contributed by atoms with E-state index in [0.717, 1.165) is 36.0 Å². The van der Waals surface area contributed by atoms with Gasteiger partial charge < -0.3 is 14.8 Å². The zero-order valence-electron chi connectivity index (χ0n) is 10.8. The normalized spacial score (nSPS) is 12.7. The SMILES string of the molecule is COc1ccc(OCc2ccc3c(n2)NCC3)cc1. The second kappa shape index (κ2) is 5.18. The van der Waals surface area contributed by atoms with Gasteiger partial charge in [-0.3, -0.25) is 0 Å². The van der Waals surface area contributed by atoms with Crippen LogP contribution in [0.2, 0.25) is 0 Å². The first-order valence-corrected chi connectivity index (χ1v) is 6.35. The van der Waals surface area contributed by atoms with Crippen molar-refractivity contribution >= 4 is 5.82 Å². The van der Waals surface area contributed by atoms with Gasteiger partial charge in [0.15, 0.2) is 0 Å². The van der Waals surface area contributed by atoms with Crippen LogP contribution in [-0.4, -0.2) is 18.6 Å². The number of methoxy groups -OCH3 is 1. The summed E-state index contributed by atoms with van der Waals surface area (Å²) < 4.78 is 10.8. The lowest BCUT2D eigenvalue weighted by molar-refractivity contribution is 0.301. The van der Waals surface area contributed by atoms with Crippen molar-refractivity contribution in [2.75, 3.05) is 19.0 Å². The highest BCUT2D eigenvalue weighted by Gasteiger charge is 2.11. The molecule has 1 aromatic carbocycles. The summed E-state index contributed by atoms with van der Waals surface area (Å²) in [5.41, 5.74) is 2.22. The zero-order valence-corrected chi connectivity index (χ0v) is 10.8. The molecule has 2 heterocycles. The Labute approximate surface area is 112 Å². The minimum atomic E-state index is 0.474. The molecule has 0 bridgehead atoms. The minimum absolute atomic E-state index is 0.474. The molecule has 0 saturated heterocycles. The molecular formula is C15H16N2O2. The van der Waals surface area contributed by atoms with Crippen molar-refractivity contribution < 1.29 is 9.47 Å². The van der Waals surface area contributed by atoms with E-state index in [4.69, 9.17) is 9.47 Å². The summed E-state index contributed by atoms with van der Waals surface area (Å²) >= 11 is 0. The lowest BCUT2D eigenvalue weighted by atomic mass is 10.2. The molecule has 0 fully saturated rings.